The molecule has 1 N–H and O–H groups in total. The Morgan fingerprint density at radius 2 is 2.10 bits per heavy atom. The molecule has 0 unspecified atom stereocenters. The van der Waals surface area contributed by atoms with Crippen molar-refractivity contribution >= 4 is 23.2 Å². The van der Waals surface area contributed by atoms with Crippen molar-refractivity contribution in [3.63, 3.8) is 0 Å². The van der Waals surface area contributed by atoms with E-state index in [1.807, 2.05) is 37.3 Å². The molecule has 0 aliphatic carbocycles. The Bertz CT molecular complexity index is 712. The van der Waals surface area contributed by atoms with Gasteiger partial charge in [0.2, 0.25) is 5.91 Å². The third kappa shape index (κ3) is 2.49. The number of rotatable bonds is 3. The predicted octanol–water partition coefficient (Wildman–Crippen LogP) is 3.94. The minimum Gasteiger partial charge on any atom is -0.496 e. The molecule has 1 aliphatic rings. The Labute approximate surface area is 128 Å². The normalized spacial score (nSPS) is 16.5. The number of hydrogen-bond acceptors (Lipinski definition) is 2. The second kappa shape index (κ2) is 5.41. The summed E-state index contributed by atoms with van der Waals surface area (Å²) in [7, 11) is 1.62. The molecule has 1 amide bonds. The minimum atomic E-state index is -0.202. The lowest BCUT2D eigenvalue weighted by atomic mass is 9.92. The third-order valence-corrected chi connectivity index (χ3v) is 4.15. The van der Waals surface area contributed by atoms with Crippen molar-refractivity contribution in [2.24, 2.45) is 0 Å². The number of ether oxygens (including phenoxy) is 1. The Hall–Kier alpha value is -2.00. The summed E-state index contributed by atoms with van der Waals surface area (Å²) in [5.74, 6) is 0.585. The number of hydrogen-bond donors (Lipinski definition) is 1. The summed E-state index contributed by atoms with van der Waals surface area (Å²) in [4.78, 5) is 12.3. The summed E-state index contributed by atoms with van der Waals surface area (Å²) >= 11 is 6.06. The molecule has 2 aromatic carbocycles. The highest BCUT2D eigenvalue weighted by atomic mass is 35.5. The van der Waals surface area contributed by atoms with E-state index in [9.17, 15) is 4.79 Å². The molecule has 1 heterocycles. The first-order valence-corrected chi connectivity index (χ1v) is 7.20. The van der Waals surface area contributed by atoms with Crippen LogP contribution in [-0.4, -0.2) is 13.0 Å². The number of carbonyl (C=O) groups excluding carboxylic acids is 1. The van der Waals surface area contributed by atoms with Crippen molar-refractivity contribution < 1.29 is 9.53 Å². The summed E-state index contributed by atoms with van der Waals surface area (Å²) in [5.41, 5.74) is 4.01. The largest absolute Gasteiger partial charge is 0.496 e. The molecule has 0 fully saturated rings. The number of para-hydroxylation sites is 1. The summed E-state index contributed by atoms with van der Waals surface area (Å²) < 4.78 is 5.37. The van der Waals surface area contributed by atoms with Crippen molar-refractivity contribution in [2.75, 3.05) is 12.4 Å². The van der Waals surface area contributed by atoms with Crippen LogP contribution in [0.2, 0.25) is 5.02 Å². The van der Waals surface area contributed by atoms with E-state index < -0.39 is 0 Å². The zero-order valence-corrected chi connectivity index (χ0v) is 12.7. The second-order valence-corrected chi connectivity index (χ2v) is 5.68. The van der Waals surface area contributed by atoms with Gasteiger partial charge in [0.1, 0.15) is 5.75 Å². The van der Waals surface area contributed by atoms with Gasteiger partial charge in [-0.2, -0.15) is 0 Å². The Morgan fingerprint density at radius 1 is 1.29 bits per heavy atom. The summed E-state index contributed by atoms with van der Waals surface area (Å²) in [6.45, 7) is 2.00. The van der Waals surface area contributed by atoms with E-state index in [1.54, 1.807) is 13.2 Å². The molecule has 2 aromatic rings. The fraction of sp³-hybridized carbons (Fsp3) is 0.235. The molecule has 108 valence electrons. The van der Waals surface area contributed by atoms with Gasteiger partial charge < -0.3 is 10.1 Å². The number of benzene rings is 2. The van der Waals surface area contributed by atoms with E-state index in [2.05, 4.69) is 5.32 Å². The zero-order chi connectivity index (χ0) is 15.0. The summed E-state index contributed by atoms with van der Waals surface area (Å²) in [6.07, 6.45) is 0.575. The molecular weight excluding hydrogens is 286 g/mol. The maximum atomic E-state index is 12.3. The first kappa shape index (κ1) is 14.0. The summed E-state index contributed by atoms with van der Waals surface area (Å²) in [5, 5.41) is 3.62. The van der Waals surface area contributed by atoms with Crippen LogP contribution in [-0.2, 0) is 11.2 Å². The van der Waals surface area contributed by atoms with Crippen LogP contribution in [0.4, 0.5) is 5.69 Å². The average molecular weight is 302 g/mol. The number of carbonyl (C=O) groups is 1. The number of halogens is 1. The summed E-state index contributed by atoms with van der Waals surface area (Å²) in [6, 6.07) is 11.5. The van der Waals surface area contributed by atoms with Crippen LogP contribution in [0.1, 0.15) is 22.6 Å². The van der Waals surface area contributed by atoms with E-state index in [-0.39, 0.29) is 11.8 Å². The molecule has 0 saturated heterocycles. The van der Waals surface area contributed by atoms with E-state index in [1.165, 1.54) is 0 Å². The van der Waals surface area contributed by atoms with Crippen LogP contribution in [0.5, 0.6) is 5.75 Å². The Kier molecular flexibility index (Phi) is 3.60. The monoisotopic (exact) mass is 301 g/mol. The fourth-order valence-corrected chi connectivity index (χ4v) is 3.03. The van der Waals surface area contributed by atoms with Gasteiger partial charge in [-0.05, 0) is 48.2 Å². The molecular formula is C17H16ClNO2. The van der Waals surface area contributed by atoms with Gasteiger partial charge >= 0.3 is 0 Å². The van der Waals surface area contributed by atoms with E-state index in [0.29, 0.717) is 11.4 Å². The van der Waals surface area contributed by atoms with Gasteiger partial charge in [-0.25, -0.2) is 0 Å². The number of fused-ring (bicyclic) bond motifs is 1. The molecule has 1 aliphatic heterocycles. The first-order chi connectivity index (χ1) is 10.1. The smallest absolute Gasteiger partial charge is 0.232 e. The van der Waals surface area contributed by atoms with Crippen molar-refractivity contribution in [1.29, 1.82) is 0 Å². The van der Waals surface area contributed by atoms with Crippen LogP contribution in [0.25, 0.3) is 0 Å². The highest BCUT2D eigenvalue weighted by molar-refractivity contribution is 6.30. The molecule has 3 rings (SSSR count). The van der Waals surface area contributed by atoms with E-state index >= 15 is 0 Å². The fourth-order valence-electron chi connectivity index (χ4n) is 2.83. The number of anilines is 1. The topological polar surface area (TPSA) is 38.3 Å². The first-order valence-electron chi connectivity index (χ1n) is 6.83. The van der Waals surface area contributed by atoms with Crippen molar-refractivity contribution in [3.05, 3.63) is 58.1 Å². The molecule has 4 heteroatoms. The lowest BCUT2D eigenvalue weighted by Crippen LogP contribution is -2.14. The highest BCUT2D eigenvalue weighted by Crippen LogP contribution is 2.38. The molecule has 21 heavy (non-hydrogen) atoms. The van der Waals surface area contributed by atoms with E-state index in [4.69, 9.17) is 16.3 Å². The van der Waals surface area contributed by atoms with Crippen LogP contribution >= 0.6 is 11.6 Å². The van der Waals surface area contributed by atoms with Gasteiger partial charge in [0.25, 0.3) is 0 Å². The Morgan fingerprint density at radius 3 is 2.86 bits per heavy atom. The SMILES string of the molecule is COc1ccc(Cl)cc1C[C@H]1C(=O)Nc2c(C)cccc21. The minimum absolute atomic E-state index is 0.0290. The molecule has 0 radical (unpaired) electrons. The van der Waals surface area contributed by atoms with Crippen molar-refractivity contribution in [3.8, 4) is 5.75 Å². The number of aryl methyl sites for hydroxylation is 1. The quantitative estimate of drug-likeness (QED) is 0.932. The van der Waals surface area contributed by atoms with Gasteiger partial charge in [0, 0.05) is 10.7 Å². The molecule has 3 nitrogen and oxygen atoms in total. The molecule has 0 spiro atoms. The van der Waals surface area contributed by atoms with Crippen LogP contribution in [0.15, 0.2) is 36.4 Å². The number of methoxy groups -OCH3 is 1. The van der Waals surface area contributed by atoms with E-state index in [0.717, 1.165) is 28.1 Å². The Balaban J connectivity index is 1.98. The van der Waals surface area contributed by atoms with Gasteiger partial charge in [0.05, 0.1) is 13.0 Å². The molecule has 0 saturated carbocycles. The molecule has 0 bridgehead atoms. The van der Waals surface area contributed by atoms with Crippen molar-refractivity contribution in [2.45, 2.75) is 19.3 Å². The van der Waals surface area contributed by atoms with Gasteiger partial charge in [-0.15, -0.1) is 0 Å². The van der Waals surface area contributed by atoms with Gasteiger partial charge in [0.15, 0.2) is 0 Å². The van der Waals surface area contributed by atoms with Crippen LogP contribution in [0, 0.1) is 6.92 Å². The number of nitrogens with one attached hydrogen (secondary N) is 1. The third-order valence-electron chi connectivity index (χ3n) is 3.91. The van der Waals surface area contributed by atoms with Crippen LogP contribution < -0.4 is 10.1 Å². The van der Waals surface area contributed by atoms with Crippen molar-refractivity contribution in [1.82, 2.24) is 0 Å². The van der Waals surface area contributed by atoms with Gasteiger partial charge in [-0.3, -0.25) is 4.79 Å². The van der Waals surface area contributed by atoms with Gasteiger partial charge in [-0.1, -0.05) is 29.8 Å². The number of amides is 1. The lowest BCUT2D eigenvalue weighted by Gasteiger charge is -2.13. The zero-order valence-electron chi connectivity index (χ0n) is 11.9. The average Bonchev–Trinajstić information content (AvgIpc) is 2.78. The predicted molar refractivity (Wildman–Crippen MR) is 84.3 cm³/mol. The molecule has 0 aromatic heterocycles. The van der Waals surface area contributed by atoms with Crippen LogP contribution in [0.3, 0.4) is 0 Å². The lowest BCUT2D eigenvalue weighted by molar-refractivity contribution is -0.117. The standard InChI is InChI=1S/C17H16ClNO2/c1-10-4-3-5-13-14(17(20)19-16(10)13)9-11-8-12(18)6-7-15(11)21-2/h3-8,14H,9H2,1-2H3,(H,19,20)/t14-/m1/s1. The second-order valence-electron chi connectivity index (χ2n) is 5.24. The maximum absolute atomic E-state index is 12.3. The molecule has 1 atom stereocenters. The highest BCUT2D eigenvalue weighted by Gasteiger charge is 2.32. The maximum Gasteiger partial charge on any atom is 0.232 e.